The number of benzene rings is 2. The van der Waals surface area contributed by atoms with Crippen LogP contribution in [0.2, 0.25) is 5.02 Å². The summed E-state index contributed by atoms with van der Waals surface area (Å²) in [5.41, 5.74) is 11.4. The summed E-state index contributed by atoms with van der Waals surface area (Å²) in [6.07, 6.45) is 0. The molecule has 0 aliphatic rings. The van der Waals surface area contributed by atoms with E-state index in [9.17, 15) is 0 Å². The molecule has 19 heavy (non-hydrogen) atoms. The zero-order valence-corrected chi connectivity index (χ0v) is 12.2. The molecule has 0 atom stereocenters. The number of aryl methyl sites for hydroxylation is 3. The van der Waals surface area contributed by atoms with Gasteiger partial charge >= 0.3 is 0 Å². The lowest BCUT2D eigenvalue weighted by Crippen LogP contribution is -2.03. The number of rotatable bonds is 3. The van der Waals surface area contributed by atoms with E-state index in [-0.39, 0.29) is 0 Å². The monoisotopic (exact) mass is 275 g/mol. The molecule has 2 nitrogen and oxygen atoms in total. The van der Waals surface area contributed by atoms with Crippen LogP contribution in [0.25, 0.3) is 0 Å². The van der Waals surface area contributed by atoms with Gasteiger partial charge < -0.3 is 10.5 Å². The first-order valence-corrected chi connectivity index (χ1v) is 6.59. The third-order valence-corrected chi connectivity index (χ3v) is 3.42. The van der Waals surface area contributed by atoms with E-state index in [4.69, 9.17) is 22.1 Å². The van der Waals surface area contributed by atoms with Crippen molar-refractivity contribution in [2.75, 3.05) is 5.73 Å². The van der Waals surface area contributed by atoms with Gasteiger partial charge in [0.1, 0.15) is 12.4 Å². The summed E-state index contributed by atoms with van der Waals surface area (Å²) in [7, 11) is 0. The number of nitrogens with two attached hydrogens (primary N) is 1. The summed E-state index contributed by atoms with van der Waals surface area (Å²) in [6, 6.07) is 9.58. The number of halogens is 1. The van der Waals surface area contributed by atoms with Gasteiger partial charge in [-0.25, -0.2) is 0 Å². The van der Waals surface area contributed by atoms with Crippen molar-refractivity contribution in [3.8, 4) is 5.75 Å². The Morgan fingerprint density at radius 2 is 1.68 bits per heavy atom. The van der Waals surface area contributed by atoms with E-state index in [1.807, 2.05) is 0 Å². The largest absolute Gasteiger partial charge is 0.487 e. The highest BCUT2D eigenvalue weighted by atomic mass is 35.5. The first-order chi connectivity index (χ1) is 8.97. The van der Waals surface area contributed by atoms with Crippen molar-refractivity contribution >= 4 is 17.3 Å². The minimum atomic E-state index is 0.502. The molecule has 0 aromatic heterocycles. The highest BCUT2D eigenvalue weighted by molar-refractivity contribution is 6.30. The Balaban J connectivity index is 2.21. The molecule has 0 spiro atoms. The molecule has 0 unspecified atom stereocenters. The molecule has 0 saturated heterocycles. The van der Waals surface area contributed by atoms with E-state index in [1.165, 1.54) is 22.3 Å². The van der Waals surface area contributed by atoms with Gasteiger partial charge in [0.25, 0.3) is 0 Å². The molecule has 0 heterocycles. The molecule has 0 aliphatic heterocycles. The van der Waals surface area contributed by atoms with Crippen LogP contribution in [0.5, 0.6) is 5.75 Å². The van der Waals surface area contributed by atoms with Crippen molar-refractivity contribution in [1.82, 2.24) is 0 Å². The zero-order valence-electron chi connectivity index (χ0n) is 11.5. The summed E-state index contributed by atoms with van der Waals surface area (Å²) in [4.78, 5) is 0. The second kappa shape index (κ2) is 5.54. The van der Waals surface area contributed by atoms with Crippen LogP contribution in [0.3, 0.4) is 0 Å². The van der Waals surface area contributed by atoms with Gasteiger partial charge in [-0.1, -0.05) is 29.3 Å². The highest BCUT2D eigenvalue weighted by Crippen LogP contribution is 2.27. The van der Waals surface area contributed by atoms with Crippen molar-refractivity contribution in [2.45, 2.75) is 27.4 Å². The van der Waals surface area contributed by atoms with Gasteiger partial charge in [-0.2, -0.15) is 0 Å². The summed E-state index contributed by atoms with van der Waals surface area (Å²) in [5.74, 6) is 0.631. The van der Waals surface area contributed by atoms with Crippen molar-refractivity contribution in [3.63, 3.8) is 0 Å². The van der Waals surface area contributed by atoms with Gasteiger partial charge in [0.2, 0.25) is 0 Å². The van der Waals surface area contributed by atoms with E-state index in [1.54, 1.807) is 18.2 Å². The minimum absolute atomic E-state index is 0.502. The maximum atomic E-state index is 5.95. The Morgan fingerprint density at radius 3 is 2.32 bits per heavy atom. The molecule has 100 valence electrons. The average Bonchev–Trinajstić information content (AvgIpc) is 2.32. The highest BCUT2D eigenvalue weighted by Gasteiger charge is 2.07. The second-order valence-electron chi connectivity index (χ2n) is 4.85. The van der Waals surface area contributed by atoms with Crippen LogP contribution in [0.4, 0.5) is 5.69 Å². The molecule has 2 N–H and O–H groups in total. The molecule has 2 aromatic rings. The second-order valence-corrected chi connectivity index (χ2v) is 5.28. The lowest BCUT2D eigenvalue weighted by atomic mass is 10.0. The van der Waals surface area contributed by atoms with E-state index in [2.05, 4.69) is 32.9 Å². The minimum Gasteiger partial charge on any atom is -0.487 e. The summed E-state index contributed by atoms with van der Waals surface area (Å²) in [6.45, 7) is 6.79. The smallest absolute Gasteiger partial charge is 0.144 e. The van der Waals surface area contributed by atoms with Crippen LogP contribution in [-0.4, -0.2) is 0 Å². The topological polar surface area (TPSA) is 35.2 Å². The van der Waals surface area contributed by atoms with Gasteiger partial charge in [0.05, 0.1) is 5.69 Å². The SMILES string of the molecule is Cc1cc(C)c(COc2cc(Cl)ccc2N)c(C)c1. The Morgan fingerprint density at radius 1 is 1.05 bits per heavy atom. The van der Waals surface area contributed by atoms with Gasteiger partial charge in [-0.05, 0) is 49.6 Å². The van der Waals surface area contributed by atoms with Gasteiger partial charge in [0, 0.05) is 11.1 Å². The Labute approximate surface area is 119 Å². The number of nitrogen functional groups attached to an aromatic ring is 1. The van der Waals surface area contributed by atoms with Gasteiger partial charge in [-0.15, -0.1) is 0 Å². The van der Waals surface area contributed by atoms with Crippen molar-refractivity contribution < 1.29 is 4.74 Å². The molecule has 0 bridgehead atoms. The lowest BCUT2D eigenvalue weighted by Gasteiger charge is -2.14. The standard InChI is InChI=1S/C16H18ClNO/c1-10-6-11(2)14(12(3)7-10)9-19-16-8-13(17)4-5-15(16)18/h4-8H,9,18H2,1-3H3. The van der Waals surface area contributed by atoms with Crippen molar-refractivity contribution in [1.29, 1.82) is 0 Å². The Bertz CT molecular complexity index is 585. The third-order valence-electron chi connectivity index (χ3n) is 3.19. The predicted octanol–water partition coefficient (Wildman–Crippen LogP) is 4.43. The molecule has 0 saturated carbocycles. The van der Waals surface area contributed by atoms with Gasteiger partial charge in [0.15, 0.2) is 0 Å². The molecule has 3 heteroatoms. The van der Waals surface area contributed by atoms with Crippen LogP contribution >= 0.6 is 11.6 Å². The van der Waals surface area contributed by atoms with E-state index in [0.717, 1.165) is 0 Å². The molecular weight excluding hydrogens is 258 g/mol. The number of ether oxygens (including phenoxy) is 1. The molecule has 2 rings (SSSR count). The maximum absolute atomic E-state index is 5.95. The van der Waals surface area contributed by atoms with E-state index >= 15 is 0 Å². The quantitative estimate of drug-likeness (QED) is 0.841. The summed E-state index contributed by atoms with van der Waals surface area (Å²) in [5, 5.41) is 0.626. The van der Waals surface area contributed by atoms with Gasteiger partial charge in [-0.3, -0.25) is 0 Å². The molecular formula is C16H18ClNO. The first kappa shape index (κ1) is 13.8. The molecule has 0 aliphatic carbocycles. The maximum Gasteiger partial charge on any atom is 0.144 e. The Hall–Kier alpha value is -1.67. The molecule has 2 aromatic carbocycles. The third kappa shape index (κ3) is 3.21. The van der Waals surface area contributed by atoms with Crippen molar-refractivity contribution in [3.05, 3.63) is 57.6 Å². The number of anilines is 1. The van der Waals surface area contributed by atoms with E-state index in [0.29, 0.717) is 23.1 Å². The zero-order chi connectivity index (χ0) is 14.0. The lowest BCUT2D eigenvalue weighted by molar-refractivity contribution is 0.306. The van der Waals surface area contributed by atoms with E-state index < -0.39 is 0 Å². The fraction of sp³-hybridized carbons (Fsp3) is 0.250. The summed E-state index contributed by atoms with van der Waals surface area (Å²) < 4.78 is 5.80. The van der Waals surface area contributed by atoms with Crippen LogP contribution in [0.15, 0.2) is 30.3 Å². The molecule has 0 radical (unpaired) electrons. The van der Waals surface area contributed by atoms with Crippen LogP contribution in [-0.2, 0) is 6.61 Å². The fourth-order valence-electron chi connectivity index (χ4n) is 2.22. The number of hydrogen-bond donors (Lipinski definition) is 1. The normalized spacial score (nSPS) is 10.5. The van der Waals surface area contributed by atoms with Crippen LogP contribution in [0, 0.1) is 20.8 Å². The molecule has 0 fully saturated rings. The average molecular weight is 276 g/mol. The Kier molecular flexibility index (Phi) is 4.01. The number of hydrogen-bond acceptors (Lipinski definition) is 2. The molecule has 0 amide bonds. The van der Waals surface area contributed by atoms with Crippen LogP contribution < -0.4 is 10.5 Å². The predicted molar refractivity (Wildman–Crippen MR) is 80.8 cm³/mol. The fourth-order valence-corrected chi connectivity index (χ4v) is 2.38. The summed E-state index contributed by atoms with van der Waals surface area (Å²) >= 11 is 5.95. The van der Waals surface area contributed by atoms with Crippen molar-refractivity contribution in [2.24, 2.45) is 0 Å². The first-order valence-electron chi connectivity index (χ1n) is 6.22. The van der Waals surface area contributed by atoms with Crippen LogP contribution in [0.1, 0.15) is 22.3 Å².